The molecule has 1 fully saturated rings. The van der Waals surface area contributed by atoms with Crippen LogP contribution in [0, 0.1) is 0 Å². The third kappa shape index (κ3) is 3.17. The van der Waals surface area contributed by atoms with Gasteiger partial charge in [-0.05, 0) is 36.1 Å². The van der Waals surface area contributed by atoms with E-state index in [0.717, 1.165) is 31.1 Å². The molecule has 0 amide bonds. The molecule has 0 radical (unpaired) electrons. The first-order chi connectivity index (χ1) is 10.6. The van der Waals surface area contributed by atoms with Crippen LogP contribution >= 0.6 is 0 Å². The lowest BCUT2D eigenvalue weighted by Gasteiger charge is -2.33. The van der Waals surface area contributed by atoms with E-state index in [4.69, 9.17) is 0 Å². The zero-order valence-corrected chi connectivity index (χ0v) is 12.1. The van der Waals surface area contributed by atoms with Crippen molar-refractivity contribution in [1.82, 2.24) is 5.32 Å². The predicted octanol–water partition coefficient (Wildman–Crippen LogP) is 4.57. The predicted molar refractivity (Wildman–Crippen MR) is 80.9 cm³/mol. The summed E-state index contributed by atoms with van der Waals surface area (Å²) in [6, 6.07) is 15.8. The molecule has 2 aromatic carbocycles. The van der Waals surface area contributed by atoms with Crippen LogP contribution in [0.3, 0.4) is 0 Å². The lowest BCUT2D eigenvalue weighted by atomic mass is 9.77. The van der Waals surface area contributed by atoms with Gasteiger partial charge < -0.3 is 5.32 Å². The minimum absolute atomic E-state index is 0.117. The van der Waals surface area contributed by atoms with Crippen LogP contribution in [0.25, 0.3) is 0 Å². The van der Waals surface area contributed by atoms with Crippen LogP contribution in [0.4, 0.5) is 13.2 Å². The van der Waals surface area contributed by atoms with Crippen molar-refractivity contribution in [3.05, 3.63) is 71.3 Å². The number of hydrogen-bond donors (Lipinski definition) is 1. The highest BCUT2D eigenvalue weighted by molar-refractivity contribution is 5.33. The van der Waals surface area contributed by atoms with Gasteiger partial charge in [0.1, 0.15) is 0 Å². The van der Waals surface area contributed by atoms with Crippen molar-refractivity contribution in [2.45, 2.75) is 24.4 Å². The van der Waals surface area contributed by atoms with Crippen LogP contribution in [0.1, 0.15) is 34.9 Å². The fraction of sp³-hybridized carbons (Fsp3) is 0.333. The molecule has 22 heavy (non-hydrogen) atoms. The van der Waals surface area contributed by atoms with E-state index in [1.54, 1.807) is 0 Å². The van der Waals surface area contributed by atoms with Crippen LogP contribution in [-0.4, -0.2) is 13.1 Å². The lowest BCUT2D eigenvalue weighted by molar-refractivity contribution is -0.137. The maximum Gasteiger partial charge on any atom is 0.416 e. The molecule has 0 saturated carbocycles. The Labute approximate surface area is 128 Å². The van der Waals surface area contributed by atoms with E-state index >= 15 is 0 Å². The summed E-state index contributed by atoms with van der Waals surface area (Å²) in [5.74, 6) is 0.324. The van der Waals surface area contributed by atoms with Gasteiger partial charge in [-0.1, -0.05) is 48.5 Å². The molecule has 0 aliphatic carbocycles. The van der Waals surface area contributed by atoms with Crippen molar-refractivity contribution in [2.24, 2.45) is 0 Å². The van der Waals surface area contributed by atoms with Crippen LogP contribution < -0.4 is 5.32 Å². The molecule has 2 aromatic rings. The van der Waals surface area contributed by atoms with E-state index in [1.807, 2.05) is 24.3 Å². The first-order valence-electron chi connectivity index (χ1n) is 7.48. The second-order valence-corrected chi connectivity index (χ2v) is 5.74. The van der Waals surface area contributed by atoms with Crippen molar-refractivity contribution in [2.75, 3.05) is 13.1 Å². The van der Waals surface area contributed by atoms with Gasteiger partial charge in [-0.3, -0.25) is 0 Å². The van der Waals surface area contributed by atoms with E-state index in [1.165, 1.54) is 17.7 Å². The first kappa shape index (κ1) is 15.1. The Balaban J connectivity index is 1.94. The first-order valence-corrected chi connectivity index (χ1v) is 7.48. The van der Waals surface area contributed by atoms with E-state index < -0.39 is 11.7 Å². The quantitative estimate of drug-likeness (QED) is 0.857. The second kappa shape index (κ2) is 6.13. The topological polar surface area (TPSA) is 12.0 Å². The third-order valence-electron chi connectivity index (χ3n) is 4.35. The number of nitrogens with one attached hydrogen (secondary N) is 1. The number of piperidine rings is 1. The van der Waals surface area contributed by atoms with E-state index in [0.29, 0.717) is 0 Å². The Morgan fingerprint density at radius 3 is 2.32 bits per heavy atom. The van der Waals surface area contributed by atoms with Gasteiger partial charge in [0, 0.05) is 12.5 Å². The second-order valence-electron chi connectivity index (χ2n) is 5.74. The summed E-state index contributed by atoms with van der Waals surface area (Å²) in [7, 11) is 0. The molecule has 1 saturated heterocycles. The zero-order valence-electron chi connectivity index (χ0n) is 12.1. The third-order valence-corrected chi connectivity index (χ3v) is 4.35. The summed E-state index contributed by atoms with van der Waals surface area (Å²) in [5.41, 5.74) is 1.40. The van der Waals surface area contributed by atoms with Crippen LogP contribution in [0.2, 0.25) is 0 Å². The van der Waals surface area contributed by atoms with Crippen LogP contribution in [0.15, 0.2) is 54.6 Å². The molecule has 1 aliphatic rings. The molecule has 2 atom stereocenters. The van der Waals surface area contributed by atoms with Crippen molar-refractivity contribution in [3.8, 4) is 0 Å². The number of alkyl halides is 3. The highest BCUT2D eigenvalue weighted by Gasteiger charge is 2.33. The highest BCUT2D eigenvalue weighted by Crippen LogP contribution is 2.39. The molecule has 0 bridgehead atoms. The molecule has 1 N–H and O–H groups in total. The van der Waals surface area contributed by atoms with Gasteiger partial charge in [-0.15, -0.1) is 0 Å². The molecule has 1 heterocycles. The maximum absolute atomic E-state index is 12.9. The Bertz CT molecular complexity index is 622. The summed E-state index contributed by atoms with van der Waals surface area (Å²) >= 11 is 0. The zero-order chi connectivity index (χ0) is 15.6. The van der Waals surface area contributed by atoms with Gasteiger partial charge in [-0.2, -0.15) is 13.2 Å². The number of benzene rings is 2. The fourth-order valence-electron chi connectivity index (χ4n) is 3.25. The van der Waals surface area contributed by atoms with Gasteiger partial charge in [0.05, 0.1) is 5.56 Å². The van der Waals surface area contributed by atoms with Gasteiger partial charge in [0.15, 0.2) is 0 Å². The summed E-state index contributed by atoms with van der Waals surface area (Å²) < 4.78 is 38.8. The minimum Gasteiger partial charge on any atom is -0.316 e. The largest absolute Gasteiger partial charge is 0.416 e. The van der Waals surface area contributed by atoms with Crippen molar-refractivity contribution in [3.63, 3.8) is 0 Å². The molecular formula is C18H18F3N. The number of hydrogen-bond acceptors (Lipinski definition) is 1. The molecule has 0 unspecified atom stereocenters. The molecule has 0 spiro atoms. The average Bonchev–Trinajstić information content (AvgIpc) is 2.55. The summed E-state index contributed by atoms with van der Waals surface area (Å²) in [5, 5.41) is 3.36. The van der Waals surface area contributed by atoms with Crippen molar-refractivity contribution >= 4 is 0 Å². The van der Waals surface area contributed by atoms with Gasteiger partial charge in [-0.25, -0.2) is 0 Å². The van der Waals surface area contributed by atoms with Crippen LogP contribution in [-0.2, 0) is 6.18 Å². The number of rotatable bonds is 2. The normalized spacial score (nSPS) is 22.5. The monoisotopic (exact) mass is 305 g/mol. The number of halogens is 3. The summed E-state index contributed by atoms with van der Waals surface area (Å²) in [6.07, 6.45) is -3.44. The Morgan fingerprint density at radius 1 is 0.864 bits per heavy atom. The van der Waals surface area contributed by atoms with Gasteiger partial charge >= 0.3 is 6.18 Å². The lowest BCUT2D eigenvalue weighted by Crippen LogP contribution is -2.34. The Morgan fingerprint density at radius 2 is 1.59 bits per heavy atom. The van der Waals surface area contributed by atoms with Gasteiger partial charge in [0.2, 0.25) is 0 Å². The van der Waals surface area contributed by atoms with Gasteiger partial charge in [0.25, 0.3) is 0 Å². The molecule has 4 heteroatoms. The Hall–Kier alpha value is -1.81. The summed E-state index contributed by atoms with van der Waals surface area (Å²) in [4.78, 5) is 0. The standard InChI is InChI=1S/C18H18F3N/c19-18(20,21)15-8-4-7-14(11-15)16-9-10-22-12-17(16)13-5-2-1-3-6-13/h1-8,11,16-17,22H,9-10,12H2/t16-,17+/m0/s1. The summed E-state index contributed by atoms with van der Waals surface area (Å²) in [6.45, 7) is 1.63. The molecular weight excluding hydrogens is 287 g/mol. The average molecular weight is 305 g/mol. The highest BCUT2D eigenvalue weighted by atomic mass is 19.4. The Kier molecular flexibility index (Phi) is 4.21. The minimum atomic E-state index is -4.29. The molecule has 1 aliphatic heterocycles. The molecule has 3 rings (SSSR count). The van der Waals surface area contributed by atoms with E-state index in [-0.39, 0.29) is 11.8 Å². The molecule has 116 valence electrons. The van der Waals surface area contributed by atoms with Crippen molar-refractivity contribution in [1.29, 1.82) is 0 Å². The van der Waals surface area contributed by atoms with Crippen molar-refractivity contribution < 1.29 is 13.2 Å². The SMILES string of the molecule is FC(F)(F)c1cccc([C@@H]2CCNC[C@@H]2c2ccccc2)c1. The molecule has 1 nitrogen and oxygen atoms in total. The maximum atomic E-state index is 12.9. The van der Waals surface area contributed by atoms with E-state index in [9.17, 15) is 13.2 Å². The smallest absolute Gasteiger partial charge is 0.316 e. The molecule has 0 aromatic heterocycles. The van der Waals surface area contributed by atoms with E-state index in [2.05, 4.69) is 17.4 Å². The fourth-order valence-corrected chi connectivity index (χ4v) is 3.25. The van der Waals surface area contributed by atoms with Crippen LogP contribution in [0.5, 0.6) is 0 Å².